The van der Waals surface area contributed by atoms with E-state index in [2.05, 4.69) is 0 Å². The number of rotatable bonds is 2. The summed E-state index contributed by atoms with van der Waals surface area (Å²) in [6.45, 7) is 1.59. The van der Waals surface area contributed by atoms with Gasteiger partial charge in [0.2, 0.25) is 5.78 Å². The molecule has 2 aliphatic rings. The number of allylic oxidation sites excluding steroid dienone is 2. The molecule has 2 heterocycles. The first-order chi connectivity index (χ1) is 8.86. The van der Waals surface area contributed by atoms with Gasteiger partial charge in [0.1, 0.15) is 13.2 Å². The van der Waals surface area contributed by atoms with Crippen LogP contribution in [0, 0.1) is 0 Å². The summed E-state index contributed by atoms with van der Waals surface area (Å²) in [6, 6.07) is 5.35. The van der Waals surface area contributed by atoms with Gasteiger partial charge in [-0.25, -0.2) is 0 Å². The second-order valence-electron chi connectivity index (χ2n) is 4.22. The van der Waals surface area contributed by atoms with Crippen LogP contribution < -0.4 is 9.47 Å². The lowest BCUT2D eigenvalue weighted by molar-refractivity contribution is 0.0889. The number of carbonyl (C=O) groups is 1. The van der Waals surface area contributed by atoms with Crippen molar-refractivity contribution in [3.63, 3.8) is 0 Å². The zero-order valence-corrected chi connectivity index (χ0v) is 9.98. The quantitative estimate of drug-likeness (QED) is 0.751. The molecule has 4 nitrogen and oxygen atoms in total. The highest BCUT2D eigenvalue weighted by Crippen LogP contribution is 2.35. The molecular formula is C14H14O4. The molecule has 1 aromatic rings. The van der Waals surface area contributed by atoms with Crippen molar-refractivity contribution in [2.45, 2.75) is 12.8 Å². The van der Waals surface area contributed by atoms with Crippen molar-refractivity contribution in [2.75, 3.05) is 19.8 Å². The lowest BCUT2D eigenvalue weighted by Gasteiger charge is -2.21. The van der Waals surface area contributed by atoms with Crippen LogP contribution in [-0.4, -0.2) is 25.6 Å². The van der Waals surface area contributed by atoms with Crippen molar-refractivity contribution < 1.29 is 19.0 Å². The monoisotopic (exact) mass is 246 g/mol. The van der Waals surface area contributed by atoms with Crippen LogP contribution in [0.15, 0.2) is 30.0 Å². The van der Waals surface area contributed by atoms with Crippen molar-refractivity contribution in [2.24, 2.45) is 0 Å². The molecule has 0 unspecified atom stereocenters. The minimum absolute atomic E-state index is 0.128. The molecule has 0 saturated carbocycles. The van der Waals surface area contributed by atoms with Crippen LogP contribution in [0.4, 0.5) is 0 Å². The Kier molecular flexibility index (Phi) is 2.92. The Morgan fingerprint density at radius 3 is 2.78 bits per heavy atom. The molecule has 0 fully saturated rings. The van der Waals surface area contributed by atoms with Crippen LogP contribution >= 0.6 is 0 Å². The zero-order chi connectivity index (χ0) is 12.4. The summed E-state index contributed by atoms with van der Waals surface area (Å²) in [5.41, 5.74) is 0.514. The highest BCUT2D eigenvalue weighted by molar-refractivity contribution is 6.09. The SMILES string of the molecule is O=C(C1=CCCCO1)c1cccc2c1OCCO2. The Morgan fingerprint density at radius 1 is 1.06 bits per heavy atom. The molecule has 0 radical (unpaired) electrons. The first-order valence-electron chi connectivity index (χ1n) is 6.12. The first kappa shape index (κ1) is 11.1. The number of hydrogen-bond donors (Lipinski definition) is 0. The van der Waals surface area contributed by atoms with Gasteiger partial charge in [-0.2, -0.15) is 0 Å². The number of fused-ring (bicyclic) bond motifs is 1. The summed E-state index contributed by atoms with van der Waals surface area (Å²) in [7, 11) is 0. The smallest absolute Gasteiger partial charge is 0.231 e. The Hall–Kier alpha value is -1.97. The Labute approximate surface area is 105 Å². The molecule has 94 valence electrons. The van der Waals surface area contributed by atoms with E-state index in [1.54, 1.807) is 18.2 Å². The normalized spacial score (nSPS) is 17.7. The van der Waals surface area contributed by atoms with E-state index in [1.165, 1.54) is 0 Å². The topological polar surface area (TPSA) is 44.8 Å². The fourth-order valence-corrected chi connectivity index (χ4v) is 2.10. The fraction of sp³-hybridized carbons (Fsp3) is 0.357. The largest absolute Gasteiger partial charge is 0.490 e. The van der Waals surface area contributed by atoms with Crippen LogP contribution in [0.2, 0.25) is 0 Å². The molecule has 0 spiro atoms. The van der Waals surface area contributed by atoms with Crippen LogP contribution in [0.1, 0.15) is 23.2 Å². The average molecular weight is 246 g/mol. The maximum Gasteiger partial charge on any atom is 0.231 e. The van der Waals surface area contributed by atoms with E-state index in [1.807, 2.05) is 6.08 Å². The van der Waals surface area contributed by atoms with Gasteiger partial charge in [0.25, 0.3) is 0 Å². The van der Waals surface area contributed by atoms with Crippen molar-refractivity contribution in [3.8, 4) is 11.5 Å². The lowest BCUT2D eigenvalue weighted by atomic mass is 10.1. The summed E-state index contributed by atoms with van der Waals surface area (Å²) in [6.07, 6.45) is 3.69. The van der Waals surface area contributed by atoms with Gasteiger partial charge in [-0.05, 0) is 31.1 Å². The van der Waals surface area contributed by atoms with Crippen LogP contribution in [-0.2, 0) is 4.74 Å². The molecule has 4 heteroatoms. The number of hydrogen-bond acceptors (Lipinski definition) is 4. The predicted molar refractivity (Wildman–Crippen MR) is 65.0 cm³/mol. The van der Waals surface area contributed by atoms with Crippen molar-refractivity contribution >= 4 is 5.78 Å². The van der Waals surface area contributed by atoms with Crippen LogP contribution in [0.3, 0.4) is 0 Å². The molecule has 2 aliphatic heterocycles. The highest BCUT2D eigenvalue weighted by Gasteiger charge is 2.24. The third kappa shape index (κ3) is 1.94. The standard InChI is InChI=1S/C14H14O4/c15-13(11-5-1-2-7-16-11)10-4-3-6-12-14(10)18-9-8-17-12/h3-6H,1-2,7-9H2. The molecular weight excluding hydrogens is 232 g/mol. The Bertz CT molecular complexity index is 505. The van der Waals surface area contributed by atoms with E-state index in [-0.39, 0.29) is 5.78 Å². The summed E-state index contributed by atoms with van der Waals surface area (Å²) in [5.74, 6) is 1.45. The number of Topliss-reactive ketones (excluding diaryl/α,β-unsaturated/α-hetero) is 1. The Morgan fingerprint density at radius 2 is 1.94 bits per heavy atom. The van der Waals surface area contributed by atoms with Gasteiger partial charge in [-0.1, -0.05) is 6.07 Å². The van der Waals surface area contributed by atoms with Crippen LogP contribution in [0.25, 0.3) is 0 Å². The zero-order valence-electron chi connectivity index (χ0n) is 9.98. The van der Waals surface area contributed by atoms with E-state index in [4.69, 9.17) is 14.2 Å². The predicted octanol–water partition coefficient (Wildman–Crippen LogP) is 2.33. The molecule has 0 N–H and O–H groups in total. The molecule has 0 aromatic heterocycles. The van der Waals surface area contributed by atoms with Gasteiger partial charge in [0.15, 0.2) is 17.3 Å². The molecule has 0 saturated heterocycles. The van der Waals surface area contributed by atoms with E-state index < -0.39 is 0 Å². The number of ketones is 1. The first-order valence-corrected chi connectivity index (χ1v) is 6.12. The maximum absolute atomic E-state index is 12.3. The molecule has 18 heavy (non-hydrogen) atoms. The average Bonchev–Trinajstić information content (AvgIpc) is 2.47. The van der Waals surface area contributed by atoms with Gasteiger partial charge in [-0.15, -0.1) is 0 Å². The third-order valence-corrected chi connectivity index (χ3v) is 2.97. The van der Waals surface area contributed by atoms with E-state index in [9.17, 15) is 4.79 Å². The van der Waals surface area contributed by atoms with Crippen molar-refractivity contribution in [1.82, 2.24) is 0 Å². The van der Waals surface area contributed by atoms with Gasteiger partial charge in [-0.3, -0.25) is 4.79 Å². The van der Waals surface area contributed by atoms with Gasteiger partial charge in [0.05, 0.1) is 12.2 Å². The minimum Gasteiger partial charge on any atom is -0.490 e. The van der Waals surface area contributed by atoms with Gasteiger partial charge >= 0.3 is 0 Å². The van der Waals surface area contributed by atoms with Crippen molar-refractivity contribution in [3.05, 3.63) is 35.6 Å². The summed E-state index contributed by atoms with van der Waals surface area (Å²) >= 11 is 0. The second kappa shape index (κ2) is 4.72. The minimum atomic E-state index is -0.128. The molecule has 0 aliphatic carbocycles. The maximum atomic E-state index is 12.3. The highest BCUT2D eigenvalue weighted by atomic mass is 16.6. The molecule has 0 atom stereocenters. The number of carbonyl (C=O) groups excluding carboxylic acids is 1. The van der Waals surface area contributed by atoms with Gasteiger partial charge < -0.3 is 14.2 Å². The number of para-hydroxylation sites is 1. The third-order valence-electron chi connectivity index (χ3n) is 2.97. The lowest BCUT2D eigenvalue weighted by Crippen LogP contribution is -2.19. The van der Waals surface area contributed by atoms with Crippen LogP contribution in [0.5, 0.6) is 11.5 Å². The van der Waals surface area contributed by atoms with Gasteiger partial charge in [0, 0.05) is 0 Å². The van der Waals surface area contributed by atoms with E-state index in [0.29, 0.717) is 42.6 Å². The number of benzene rings is 1. The molecule has 0 bridgehead atoms. The van der Waals surface area contributed by atoms with Crippen molar-refractivity contribution in [1.29, 1.82) is 0 Å². The molecule has 1 aromatic carbocycles. The fourth-order valence-electron chi connectivity index (χ4n) is 2.10. The Balaban J connectivity index is 1.96. The molecule has 3 rings (SSSR count). The molecule has 0 amide bonds. The van der Waals surface area contributed by atoms with E-state index in [0.717, 1.165) is 12.8 Å². The summed E-state index contributed by atoms with van der Waals surface area (Å²) in [5, 5.41) is 0. The summed E-state index contributed by atoms with van der Waals surface area (Å²) < 4.78 is 16.4. The second-order valence-corrected chi connectivity index (χ2v) is 4.22. The summed E-state index contributed by atoms with van der Waals surface area (Å²) in [4.78, 5) is 12.3. The van der Waals surface area contributed by atoms with E-state index >= 15 is 0 Å². The number of ether oxygens (including phenoxy) is 3.